The van der Waals surface area contributed by atoms with Crippen LogP contribution < -0.4 is 5.73 Å². The second-order valence-corrected chi connectivity index (χ2v) is 5.94. The number of nitrogens with zero attached hydrogens (tertiary/aromatic N) is 2. The van der Waals surface area contributed by atoms with Gasteiger partial charge in [-0.1, -0.05) is 6.92 Å². The van der Waals surface area contributed by atoms with Crippen molar-refractivity contribution in [2.75, 3.05) is 13.1 Å². The van der Waals surface area contributed by atoms with Crippen LogP contribution in [0, 0.1) is 0 Å². The van der Waals surface area contributed by atoms with Crippen LogP contribution in [-0.2, 0) is 4.74 Å². The van der Waals surface area contributed by atoms with Gasteiger partial charge in [-0.2, -0.15) is 0 Å². The van der Waals surface area contributed by atoms with Gasteiger partial charge in [0.05, 0.1) is 18.2 Å². The van der Waals surface area contributed by atoms with E-state index < -0.39 is 0 Å². The fourth-order valence-electron chi connectivity index (χ4n) is 2.24. The summed E-state index contributed by atoms with van der Waals surface area (Å²) >= 11 is 1.46. The molecule has 3 atom stereocenters. The molecule has 3 unspecified atom stereocenters. The van der Waals surface area contributed by atoms with Crippen LogP contribution in [0.5, 0.6) is 0 Å². The van der Waals surface area contributed by atoms with Crippen LogP contribution in [0.15, 0.2) is 5.38 Å². The predicted molar refractivity (Wildman–Crippen MR) is 75.2 cm³/mol. The SMILES string of the molecule is CCC(N)c1nc(C(=O)N2CC(C)OC(C)C2)cs1. The first-order valence-corrected chi connectivity index (χ1v) is 7.55. The minimum Gasteiger partial charge on any atom is -0.372 e. The molecule has 0 saturated carbocycles. The second-order valence-electron chi connectivity index (χ2n) is 5.05. The molecule has 2 rings (SSSR count). The molecule has 6 heteroatoms. The van der Waals surface area contributed by atoms with Gasteiger partial charge in [-0.15, -0.1) is 11.3 Å². The highest BCUT2D eigenvalue weighted by atomic mass is 32.1. The second kappa shape index (κ2) is 5.98. The number of ether oxygens (including phenoxy) is 1. The molecule has 19 heavy (non-hydrogen) atoms. The summed E-state index contributed by atoms with van der Waals surface area (Å²) in [7, 11) is 0. The third-order valence-electron chi connectivity index (χ3n) is 3.20. The van der Waals surface area contributed by atoms with E-state index in [1.54, 1.807) is 5.38 Å². The van der Waals surface area contributed by atoms with Crippen LogP contribution in [0.1, 0.15) is 48.7 Å². The molecule has 0 spiro atoms. The van der Waals surface area contributed by atoms with Crippen molar-refractivity contribution in [2.24, 2.45) is 5.73 Å². The summed E-state index contributed by atoms with van der Waals surface area (Å²) in [5.74, 6) is -0.0206. The molecule has 1 aliphatic heterocycles. The molecule has 1 aromatic heterocycles. The zero-order valence-corrected chi connectivity index (χ0v) is 12.4. The third-order valence-corrected chi connectivity index (χ3v) is 4.18. The van der Waals surface area contributed by atoms with Gasteiger partial charge in [0.1, 0.15) is 10.7 Å². The number of carbonyl (C=O) groups is 1. The molecule has 1 amide bonds. The molecule has 1 fully saturated rings. The Morgan fingerprint density at radius 3 is 2.79 bits per heavy atom. The number of hydrogen-bond donors (Lipinski definition) is 1. The predicted octanol–water partition coefficient (Wildman–Crippen LogP) is 1.80. The van der Waals surface area contributed by atoms with E-state index in [4.69, 9.17) is 10.5 Å². The highest BCUT2D eigenvalue weighted by Gasteiger charge is 2.28. The summed E-state index contributed by atoms with van der Waals surface area (Å²) in [4.78, 5) is 18.6. The molecule has 1 saturated heterocycles. The van der Waals surface area contributed by atoms with Crippen LogP contribution in [0.4, 0.5) is 0 Å². The Kier molecular flexibility index (Phi) is 4.54. The average molecular weight is 283 g/mol. The Morgan fingerprint density at radius 2 is 2.21 bits per heavy atom. The molecule has 0 aliphatic carbocycles. The van der Waals surface area contributed by atoms with Crippen LogP contribution in [0.25, 0.3) is 0 Å². The van der Waals surface area contributed by atoms with Crippen LogP contribution in [0.3, 0.4) is 0 Å². The molecular weight excluding hydrogens is 262 g/mol. The number of amides is 1. The van der Waals surface area contributed by atoms with Crippen LogP contribution in [0.2, 0.25) is 0 Å². The minimum atomic E-state index is -0.0749. The number of carbonyl (C=O) groups excluding carboxylic acids is 1. The fraction of sp³-hybridized carbons (Fsp3) is 0.692. The molecule has 0 bridgehead atoms. The molecule has 1 aromatic rings. The highest BCUT2D eigenvalue weighted by Crippen LogP contribution is 2.21. The van der Waals surface area contributed by atoms with Crippen LogP contribution in [-0.4, -0.2) is 41.1 Å². The standard InChI is InChI=1S/C13H21N3O2S/c1-4-10(14)12-15-11(7-19-12)13(17)16-5-8(2)18-9(3)6-16/h7-10H,4-6,14H2,1-3H3. The minimum absolute atomic E-state index is 0.0206. The Balaban J connectivity index is 2.08. The van der Waals surface area contributed by atoms with E-state index in [1.807, 2.05) is 25.7 Å². The largest absolute Gasteiger partial charge is 0.372 e. The van der Waals surface area contributed by atoms with Gasteiger partial charge in [0, 0.05) is 18.5 Å². The molecule has 106 valence electrons. The maximum atomic E-state index is 12.4. The summed E-state index contributed by atoms with van der Waals surface area (Å²) in [5.41, 5.74) is 6.44. The first-order valence-electron chi connectivity index (χ1n) is 6.67. The van der Waals surface area contributed by atoms with Gasteiger partial charge in [-0.25, -0.2) is 4.98 Å². The molecular formula is C13H21N3O2S. The van der Waals surface area contributed by atoms with E-state index in [2.05, 4.69) is 4.98 Å². The Hall–Kier alpha value is -0.980. The normalized spacial score (nSPS) is 25.4. The van der Waals surface area contributed by atoms with Crippen molar-refractivity contribution in [3.05, 3.63) is 16.1 Å². The topological polar surface area (TPSA) is 68.5 Å². The first-order chi connectivity index (χ1) is 9.01. The van der Waals surface area contributed by atoms with Gasteiger partial charge in [-0.05, 0) is 20.3 Å². The number of rotatable bonds is 3. The van der Waals surface area contributed by atoms with E-state index in [0.717, 1.165) is 11.4 Å². The summed E-state index contributed by atoms with van der Waals surface area (Å²) < 4.78 is 5.63. The van der Waals surface area contributed by atoms with Gasteiger partial charge >= 0.3 is 0 Å². The van der Waals surface area contributed by atoms with E-state index >= 15 is 0 Å². The summed E-state index contributed by atoms with van der Waals surface area (Å²) in [6.45, 7) is 7.22. The van der Waals surface area contributed by atoms with Gasteiger partial charge in [0.2, 0.25) is 0 Å². The Morgan fingerprint density at radius 1 is 1.58 bits per heavy atom. The van der Waals surface area contributed by atoms with Crippen molar-refractivity contribution in [3.8, 4) is 0 Å². The van der Waals surface area contributed by atoms with Crippen molar-refractivity contribution < 1.29 is 9.53 Å². The van der Waals surface area contributed by atoms with Gasteiger partial charge < -0.3 is 15.4 Å². The summed E-state index contributed by atoms with van der Waals surface area (Å²) in [5, 5.41) is 2.64. The number of aromatic nitrogens is 1. The number of thiazole rings is 1. The maximum absolute atomic E-state index is 12.4. The fourth-order valence-corrected chi connectivity index (χ4v) is 3.11. The lowest BCUT2D eigenvalue weighted by Gasteiger charge is -2.34. The zero-order valence-electron chi connectivity index (χ0n) is 11.6. The van der Waals surface area contributed by atoms with E-state index in [1.165, 1.54) is 11.3 Å². The summed E-state index contributed by atoms with van der Waals surface area (Å²) in [6.07, 6.45) is 0.972. The van der Waals surface area contributed by atoms with E-state index in [9.17, 15) is 4.79 Å². The number of nitrogens with two attached hydrogens (primary N) is 1. The van der Waals surface area contributed by atoms with Crippen molar-refractivity contribution in [3.63, 3.8) is 0 Å². The van der Waals surface area contributed by atoms with Gasteiger partial charge in [0.25, 0.3) is 5.91 Å². The lowest BCUT2D eigenvalue weighted by Crippen LogP contribution is -2.48. The number of morpholine rings is 1. The average Bonchev–Trinajstić information content (AvgIpc) is 2.85. The maximum Gasteiger partial charge on any atom is 0.273 e. The monoisotopic (exact) mass is 283 g/mol. The van der Waals surface area contributed by atoms with E-state index in [-0.39, 0.29) is 24.2 Å². The first kappa shape index (κ1) is 14.4. The van der Waals surface area contributed by atoms with Crippen molar-refractivity contribution in [1.29, 1.82) is 0 Å². The molecule has 2 N–H and O–H groups in total. The Bertz CT molecular complexity index is 439. The van der Waals surface area contributed by atoms with E-state index in [0.29, 0.717) is 18.8 Å². The molecule has 0 radical (unpaired) electrons. The van der Waals surface area contributed by atoms with Crippen molar-refractivity contribution >= 4 is 17.2 Å². The smallest absolute Gasteiger partial charge is 0.273 e. The number of hydrogen-bond acceptors (Lipinski definition) is 5. The zero-order chi connectivity index (χ0) is 14.0. The molecule has 5 nitrogen and oxygen atoms in total. The molecule has 1 aliphatic rings. The van der Waals surface area contributed by atoms with Gasteiger partial charge in [-0.3, -0.25) is 4.79 Å². The highest BCUT2D eigenvalue weighted by molar-refractivity contribution is 7.09. The van der Waals surface area contributed by atoms with Crippen molar-refractivity contribution in [1.82, 2.24) is 9.88 Å². The molecule has 0 aromatic carbocycles. The lowest BCUT2D eigenvalue weighted by molar-refractivity contribution is -0.0587. The molecule has 2 heterocycles. The Labute approximate surface area is 117 Å². The van der Waals surface area contributed by atoms with Crippen molar-refractivity contribution in [2.45, 2.75) is 45.4 Å². The summed E-state index contributed by atoms with van der Waals surface area (Å²) in [6, 6.07) is -0.0749. The quantitative estimate of drug-likeness (QED) is 0.918. The van der Waals surface area contributed by atoms with Gasteiger partial charge in [0.15, 0.2) is 0 Å². The lowest BCUT2D eigenvalue weighted by atomic mass is 10.2. The third kappa shape index (κ3) is 3.32. The van der Waals surface area contributed by atoms with Crippen LogP contribution >= 0.6 is 11.3 Å².